The lowest BCUT2D eigenvalue weighted by Gasteiger charge is -2.13. The van der Waals surface area contributed by atoms with E-state index in [0.29, 0.717) is 0 Å². The van der Waals surface area contributed by atoms with Crippen molar-refractivity contribution in [2.75, 3.05) is 0 Å². The number of pyridine rings is 3. The number of para-hydroxylation sites is 1. The smallest absolute Gasteiger partial charge is 0.138 e. The fourth-order valence-corrected chi connectivity index (χ4v) is 6.72. The molecular weight excluding hydrogens is 611 g/mol. The van der Waals surface area contributed by atoms with Crippen LogP contribution in [0.25, 0.3) is 72.4 Å². The lowest BCUT2D eigenvalue weighted by molar-refractivity contribution is 1.07. The van der Waals surface area contributed by atoms with Crippen LogP contribution in [0, 0.1) is 0 Å². The molecule has 0 bridgehead atoms. The van der Waals surface area contributed by atoms with Gasteiger partial charge in [-0.15, -0.1) is 0 Å². The van der Waals surface area contributed by atoms with E-state index in [1.807, 2.05) is 42.9 Å². The van der Waals surface area contributed by atoms with Gasteiger partial charge in [0.05, 0.1) is 33.8 Å². The Hall–Kier alpha value is -6.72. The van der Waals surface area contributed by atoms with E-state index >= 15 is 0 Å². The third kappa shape index (κ3) is 5.51. The molecule has 236 valence electrons. The lowest BCUT2D eigenvalue weighted by Crippen LogP contribution is -2.04. The van der Waals surface area contributed by atoms with Crippen molar-refractivity contribution in [2.45, 2.75) is 6.42 Å². The Morgan fingerprint density at radius 2 is 1.18 bits per heavy atom. The van der Waals surface area contributed by atoms with Gasteiger partial charge in [0.2, 0.25) is 0 Å². The summed E-state index contributed by atoms with van der Waals surface area (Å²) < 4.78 is 2.20. The average Bonchev–Trinajstić information content (AvgIpc) is 3.30. The molecule has 1 aliphatic rings. The highest BCUT2D eigenvalue weighted by atomic mass is 15.1. The Morgan fingerprint density at radius 3 is 2.06 bits per heavy atom. The van der Waals surface area contributed by atoms with Crippen LogP contribution in [-0.2, 0) is 0 Å². The molecule has 5 nitrogen and oxygen atoms in total. The minimum atomic E-state index is 0.781. The lowest BCUT2D eigenvalue weighted by atomic mass is 9.96. The number of nitrogens with zero attached hydrogens (tertiary/aromatic N) is 5. The van der Waals surface area contributed by atoms with Crippen LogP contribution in [0.3, 0.4) is 0 Å². The van der Waals surface area contributed by atoms with Crippen molar-refractivity contribution in [3.63, 3.8) is 0 Å². The van der Waals surface area contributed by atoms with Gasteiger partial charge in [0.1, 0.15) is 5.82 Å². The third-order valence-corrected chi connectivity index (χ3v) is 9.18. The first kappa shape index (κ1) is 29.4. The quantitative estimate of drug-likeness (QED) is 0.182. The highest BCUT2D eigenvalue weighted by molar-refractivity contribution is 6.09. The molecule has 4 aromatic heterocycles. The van der Waals surface area contributed by atoms with Gasteiger partial charge in [-0.2, -0.15) is 0 Å². The summed E-state index contributed by atoms with van der Waals surface area (Å²) in [5.74, 6) is 0.823. The predicted molar refractivity (Wildman–Crippen MR) is 205 cm³/mol. The van der Waals surface area contributed by atoms with E-state index in [0.717, 1.165) is 79.1 Å². The molecule has 0 atom stereocenters. The molecule has 0 aliphatic carbocycles. The maximum atomic E-state index is 5.23. The second-order valence-electron chi connectivity index (χ2n) is 12.3. The summed E-state index contributed by atoms with van der Waals surface area (Å²) in [5, 5.41) is 2.24. The molecule has 0 saturated heterocycles. The van der Waals surface area contributed by atoms with E-state index in [2.05, 4.69) is 143 Å². The van der Waals surface area contributed by atoms with Crippen LogP contribution >= 0.6 is 0 Å². The first-order valence-electron chi connectivity index (χ1n) is 16.8. The van der Waals surface area contributed by atoms with Crippen molar-refractivity contribution < 1.29 is 0 Å². The molecule has 0 fully saturated rings. The van der Waals surface area contributed by atoms with Gasteiger partial charge in [-0.05, 0) is 88.3 Å². The van der Waals surface area contributed by atoms with Crippen LogP contribution in [0.5, 0.6) is 0 Å². The number of aliphatic imine (C=N–C) groups is 1. The molecule has 0 amide bonds. The molecule has 9 rings (SSSR count). The van der Waals surface area contributed by atoms with Crippen molar-refractivity contribution >= 4 is 27.5 Å². The largest absolute Gasteiger partial charge is 0.294 e. The number of hydrogen-bond donors (Lipinski definition) is 0. The molecule has 0 spiro atoms. The minimum absolute atomic E-state index is 0.781. The van der Waals surface area contributed by atoms with Gasteiger partial charge in [-0.25, -0.2) is 9.97 Å². The number of rotatable bonds is 6. The monoisotopic (exact) mass is 641 g/mol. The Labute approximate surface area is 290 Å². The van der Waals surface area contributed by atoms with Gasteiger partial charge in [-0.3, -0.25) is 14.5 Å². The van der Waals surface area contributed by atoms with E-state index in [9.17, 15) is 0 Å². The maximum absolute atomic E-state index is 5.23. The molecule has 50 heavy (non-hydrogen) atoms. The number of allylic oxidation sites excluding steroid dienone is 3. The number of fused-ring (bicyclic) bond motifs is 3. The average molecular weight is 642 g/mol. The van der Waals surface area contributed by atoms with E-state index < -0.39 is 0 Å². The van der Waals surface area contributed by atoms with Crippen LogP contribution < -0.4 is 0 Å². The second kappa shape index (κ2) is 12.7. The van der Waals surface area contributed by atoms with Gasteiger partial charge in [-0.1, -0.05) is 109 Å². The van der Waals surface area contributed by atoms with E-state index in [1.54, 1.807) is 0 Å². The Morgan fingerprint density at radius 1 is 0.480 bits per heavy atom. The predicted octanol–water partition coefficient (Wildman–Crippen LogP) is 10.9. The van der Waals surface area contributed by atoms with Gasteiger partial charge >= 0.3 is 0 Å². The van der Waals surface area contributed by atoms with Gasteiger partial charge in [0, 0.05) is 29.4 Å². The zero-order chi connectivity index (χ0) is 33.3. The molecule has 5 heteroatoms. The fourth-order valence-electron chi connectivity index (χ4n) is 6.72. The first-order chi connectivity index (χ1) is 24.8. The first-order valence-corrected chi connectivity index (χ1v) is 16.8. The summed E-state index contributed by atoms with van der Waals surface area (Å²) in [4.78, 5) is 19.5. The molecular formula is C45H31N5. The standard InChI is InChI=1S/C45H31N5/c1-3-11-31(12-4-1)32-20-22-33(23-21-32)34-13-9-14-35(27-34)36-28-41(39-16-5-2-8-25-47-39)48-42(29-36)40-17-10-19-45(49-40)50-43-18-7-6-15-37(43)38-30-46-26-24-44(38)50/h1,3-30H,2H2. The Bertz CT molecular complexity index is 2560. The van der Waals surface area contributed by atoms with Crippen LogP contribution in [-0.4, -0.2) is 25.2 Å². The SMILES string of the molecule is C1=CN=C(c2cc(-c3cccc(-c4ccc(-c5ccccc5)cc4)c3)cc(-c3cccc(-n4c5ccccc5c5cnccc54)n3)n2)C=CC1. The molecule has 8 aromatic rings. The topological polar surface area (TPSA) is 56.0 Å². The summed E-state index contributed by atoms with van der Waals surface area (Å²) in [6.45, 7) is 0. The molecule has 4 aromatic carbocycles. The number of benzene rings is 4. The number of aromatic nitrogens is 4. The van der Waals surface area contributed by atoms with Gasteiger partial charge in [0.25, 0.3) is 0 Å². The summed E-state index contributed by atoms with van der Waals surface area (Å²) in [6.07, 6.45) is 12.7. The van der Waals surface area contributed by atoms with Crippen molar-refractivity contribution in [1.29, 1.82) is 0 Å². The molecule has 0 saturated carbocycles. The van der Waals surface area contributed by atoms with Crippen LogP contribution in [0.4, 0.5) is 0 Å². The van der Waals surface area contributed by atoms with Crippen molar-refractivity contribution in [3.05, 3.63) is 182 Å². The molecule has 1 aliphatic heterocycles. The van der Waals surface area contributed by atoms with Crippen LogP contribution in [0.15, 0.2) is 181 Å². The van der Waals surface area contributed by atoms with Gasteiger partial charge in [0.15, 0.2) is 0 Å². The molecule has 5 heterocycles. The maximum Gasteiger partial charge on any atom is 0.138 e. The minimum Gasteiger partial charge on any atom is -0.294 e. The summed E-state index contributed by atoms with van der Waals surface area (Å²) >= 11 is 0. The van der Waals surface area contributed by atoms with Crippen molar-refractivity contribution in [2.24, 2.45) is 4.99 Å². The Balaban J connectivity index is 1.16. The van der Waals surface area contributed by atoms with Gasteiger partial charge < -0.3 is 0 Å². The number of hydrogen-bond acceptors (Lipinski definition) is 4. The normalized spacial score (nSPS) is 12.7. The van der Waals surface area contributed by atoms with Crippen LogP contribution in [0.1, 0.15) is 12.1 Å². The Kier molecular flexibility index (Phi) is 7.48. The molecule has 0 radical (unpaired) electrons. The summed E-state index contributed by atoms with van der Waals surface area (Å²) in [6, 6.07) is 48.8. The summed E-state index contributed by atoms with van der Waals surface area (Å²) in [5.41, 5.74) is 12.2. The highest BCUT2D eigenvalue weighted by Gasteiger charge is 2.16. The zero-order valence-electron chi connectivity index (χ0n) is 27.2. The zero-order valence-corrected chi connectivity index (χ0v) is 27.2. The van der Waals surface area contributed by atoms with E-state index in [4.69, 9.17) is 15.0 Å². The van der Waals surface area contributed by atoms with Crippen molar-refractivity contribution in [3.8, 4) is 50.6 Å². The van der Waals surface area contributed by atoms with E-state index in [-0.39, 0.29) is 0 Å². The third-order valence-electron chi connectivity index (χ3n) is 9.18. The summed E-state index contributed by atoms with van der Waals surface area (Å²) in [7, 11) is 0. The molecule has 0 N–H and O–H groups in total. The van der Waals surface area contributed by atoms with E-state index in [1.165, 1.54) is 11.1 Å². The second-order valence-corrected chi connectivity index (χ2v) is 12.3. The highest BCUT2D eigenvalue weighted by Crippen LogP contribution is 2.33. The van der Waals surface area contributed by atoms with Crippen LogP contribution in [0.2, 0.25) is 0 Å². The fraction of sp³-hybridized carbons (Fsp3) is 0.0222. The van der Waals surface area contributed by atoms with Crippen molar-refractivity contribution in [1.82, 2.24) is 19.5 Å². The molecule has 0 unspecified atom stereocenters.